The molecule has 1 aromatic carbocycles. The van der Waals surface area contributed by atoms with Crippen LogP contribution in [0.5, 0.6) is 0 Å². The van der Waals surface area contributed by atoms with Crippen LogP contribution < -0.4 is 10.6 Å². The van der Waals surface area contributed by atoms with Gasteiger partial charge in [-0.2, -0.15) is 5.26 Å². The number of halogens is 1. The lowest BCUT2D eigenvalue weighted by Gasteiger charge is -2.05. The van der Waals surface area contributed by atoms with Crippen LogP contribution >= 0.6 is 15.9 Å². The minimum Gasteiger partial charge on any atom is -0.334 e. The fourth-order valence-electron chi connectivity index (χ4n) is 1.01. The summed E-state index contributed by atoms with van der Waals surface area (Å²) in [6, 6.07) is 9.14. The first-order chi connectivity index (χ1) is 7.22. The van der Waals surface area contributed by atoms with Gasteiger partial charge in [0.15, 0.2) is 0 Å². The molecule has 1 aromatic rings. The van der Waals surface area contributed by atoms with Crippen LogP contribution in [0.3, 0.4) is 0 Å². The Morgan fingerprint density at radius 2 is 2.27 bits per heavy atom. The Kier molecular flexibility index (Phi) is 4.64. The van der Waals surface area contributed by atoms with E-state index in [1.807, 2.05) is 30.3 Å². The van der Waals surface area contributed by atoms with Crippen LogP contribution in [0.15, 0.2) is 28.7 Å². The van der Waals surface area contributed by atoms with E-state index >= 15 is 0 Å². The summed E-state index contributed by atoms with van der Waals surface area (Å²) in [5.41, 5.74) is 0.997. The average molecular weight is 268 g/mol. The van der Waals surface area contributed by atoms with Gasteiger partial charge in [0.05, 0.1) is 6.07 Å². The van der Waals surface area contributed by atoms with Gasteiger partial charge < -0.3 is 10.6 Å². The molecule has 5 heteroatoms. The van der Waals surface area contributed by atoms with Crippen molar-refractivity contribution in [3.63, 3.8) is 0 Å². The molecule has 2 amide bonds. The smallest absolute Gasteiger partial charge is 0.315 e. The highest BCUT2D eigenvalue weighted by Gasteiger charge is 1.99. The number of rotatable bonds is 3. The summed E-state index contributed by atoms with van der Waals surface area (Å²) in [6.07, 6.45) is 0. The van der Waals surface area contributed by atoms with Gasteiger partial charge in [-0.15, -0.1) is 0 Å². The summed E-state index contributed by atoms with van der Waals surface area (Å²) in [4.78, 5) is 11.1. The highest BCUT2D eigenvalue weighted by atomic mass is 79.9. The molecule has 0 unspecified atom stereocenters. The molecule has 0 aliphatic carbocycles. The van der Waals surface area contributed by atoms with Gasteiger partial charge in [-0.3, -0.25) is 0 Å². The number of benzene rings is 1. The number of hydrogen-bond donors (Lipinski definition) is 2. The van der Waals surface area contributed by atoms with Gasteiger partial charge in [0, 0.05) is 11.0 Å². The molecule has 0 heterocycles. The molecule has 0 fully saturated rings. The van der Waals surface area contributed by atoms with Crippen molar-refractivity contribution in [2.45, 2.75) is 6.54 Å². The second-order valence-corrected chi connectivity index (χ2v) is 3.74. The Balaban J connectivity index is 2.37. The van der Waals surface area contributed by atoms with E-state index in [-0.39, 0.29) is 12.6 Å². The first kappa shape index (κ1) is 11.5. The molecular formula is C10H10BrN3O. The fraction of sp³-hybridized carbons (Fsp3) is 0.200. The molecule has 0 aliphatic rings. The fourth-order valence-corrected chi connectivity index (χ4v) is 1.46. The molecule has 1 rings (SSSR count). The largest absolute Gasteiger partial charge is 0.334 e. The molecule has 0 spiro atoms. The number of carbonyl (C=O) groups is 1. The van der Waals surface area contributed by atoms with Crippen molar-refractivity contribution >= 4 is 22.0 Å². The summed E-state index contributed by atoms with van der Waals surface area (Å²) in [7, 11) is 0. The highest BCUT2D eigenvalue weighted by Crippen LogP contribution is 2.11. The Morgan fingerprint density at radius 1 is 1.47 bits per heavy atom. The molecule has 0 bridgehead atoms. The van der Waals surface area contributed by atoms with Gasteiger partial charge in [0.2, 0.25) is 0 Å². The predicted octanol–water partition coefficient (Wildman–Crippen LogP) is 1.77. The number of nitrogens with zero attached hydrogens (tertiary/aromatic N) is 1. The van der Waals surface area contributed by atoms with Crippen molar-refractivity contribution in [3.8, 4) is 6.07 Å². The lowest BCUT2D eigenvalue weighted by atomic mass is 10.2. The second-order valence-electron chi connectivity index (χ2n) is 2.82. The number of nitriles is 1. The molecule has 0 aromatic heterocycles. The maximum atomic E-state index is 11.1. The van der Waals surface area contributed by atoms with Crippen LogP contribution in [-0.4, -0.2) is 12.6 Å². The van der Waals surface area contributed by atoms with Gasteiger partial charge in [-0.1, -0.05) is 28.1 Å². The average Bonchev–Trinajstić information content (AvgIpc) is 2.23. The lowest BCUT2D eigenvalue weighted by Crippen LogP contribution is -2.35. The number of hydrogen-bond acceptors (Lipinski definition) is 2. The van der Waals surface area contributed by atoms with Gasteiger partial charge >= 0.3 is 6.03 Å². The quantitative estimate of drug-likeness (QED) is 0.820. The SMILES string of the molecule is N#CCNC(=O)NCc1cccc(Br)c1. The van der Waals surface area contributed by atoms with Crippen molar-refractivity contribution < 1.29 is 4.79 Å². The summed E-state index contributed by atoms with van der Waals surface area (Å²) in [5, 5.41) is 13.3. The first-order valence-electron chi connectivity index (χ1n) is 4.35. The molecule has 4 nitrogen and oxygen atoms in total. The molecule has 78 valence electrons. The number of nitrogens with one attached hydrogen (secondary N) is 2. The van der Waals surface area contributed by atoms with Crippen LogP contribution in [0.2, 0.25) is 0 Å². The Morgan fingerprint density at radius 3 is 2.93 bits per heavy atom. The monoisotopic (exact) mass is 267 g/mol. The van der Waals surface area contributed by atoms with E-state index in [0.29, 0.717) is 6.54 Å². The van der Waals surface area contributed by atoms with E-state index < -0.39 is 0 Å². The molecule has 0 saturated heterocycles. The zero-order chi connectivity index (χ0) is 11.1. The van der Waals surface area contributed by atoms with Crippen LogP contribution in [-0.2, 0) is 6.54 Å². The third kappa shape index (κ3) is 4.47. The minimum atomic E-state index is -0.337. The summed E-state index contributed by atoms with van der Waals surface area (Å²) < 4.78 is 0.972. The predicted molar refractivity (Wildman–Crippen MR) is 60.0 cm³/mol. The maximum absolute atomic E-state index is 11.1. The van der Waals surface area contributed by atoms with E-state index in [1.165, 1.54) is 0 Å². The van der Waals surface area contributed by atoms with E-state index in [4.69, 9.17) is 5.26 Å². The number of urea groups is 1. The minimum absolute atomic E-state index is 0.0182. The van der Waals surface area contributed by atoms with Crippen molar-refractivity contribution in [3.05, 3.63) is 34.3 Å². The third-order valence-electron chi connectivity index (χ3n) is 1.67. The molecular weight excluding hydrogens is 258 g/mol. The molecule has 0 atom stereocenters. The molecule has 0 radical (unpaired) electrons. The van der Waals surface area contributed by atoms with Gasteiger partial charge in [-0.25, -0.2) is 4.79 Å². The van der Waals surface area contributed by atoms with Crippen molar-refractivity contribution in [2.75, 3.05) is 6.54 Å². The summed E-state index contributed by atoms with van der Waals surface area (Å²) in [6.45, 7) is 0.459. The first-order valence-corrected chi connectivity index (χ1v) is 5.15. The summed E-state index contributed by atoms with van der Waals surface area (Å²) in [5.74, 6) is 0. The Bertz CT molecular complexity index is 386. The van der Waals surface area contributed by atoms with Crippen LogP contribution in [0.1, 0.15) is 5.56 Å². The Hall–Kier alpha value is -1.54. The van der Waals surface area contributed by atoms with E-state index in [9.17, 15) is 4.79 Å². The van der Waals surface area contributed by atoms with E-state index in [1.54, 1.807) is 0 Å². The maximum Gasteiger partial charge on any atom is 0.315 e. The lowest BCUT2D eigenvalue weighted by molar-refractivity contribution is 0.241. The second kappa shape index (κ2) is 6.04. The van der Waals surface area contributed by atoms with Crippen LogP contribution in [0, 0.1) is 11.3 Å². The zero-order valence-electron chi connectivity index (χ0n) is 7.96. The number of carbonyl (C=O) groups excluding carboxylic acids is 1. The molecule has 0 saturated carbocycles. The van der Waals surface area contributed by atoms with Crippen LogP contribution in [0.25, 0.3) is 0 Å². The number of amides is 2. The molecule has 0 aliphatic heterocycles. The molecule has 15 heavy (non-hydrogen) atoms. The van der Waals surface area contributed by atoms with Gasteiger partial charge in [0.25, 0.3) is 0 Å². The van der Waals surface area contributed by atoms with Crippen molar-refractivity contribution in [2.24, 2.45) is 0 Å². The van der Waals surface area contributed by atoms with E-state index in [2.05, 4.69) is 26.6 Å². The highest BCUT2D eigenvalue weighted by molar-refractivity contribution is 9.10. The standard InChI is InChI=1S/C10H10BrN3O/c11-9-3-1-2-8(6-9)7-14-10(15)13-5-4-12/h1-3,6H,5,7H2,(H2,13,14,15). The normalized spacial score (nSPS) is 9.07. The third-order valence-corrected chi connectivity index (χ3v) is 2.16. The molecule has 2 N–H and O–H groups in total. The van der Waals surface area contributed by atoms with E-state index in [0.717, 1.165) is 10.0 Å². The van der Waals surface area contributed by atoms with Crippen molar-refractivity contribution in [1.29, 1.82) is 5.26 Å². The summed E-state index contributed by atoms with van der Waals surface area (Å²) >= 11 is 3.34. The zero-order valence-corrected chi connectivity index (χ0v) is 9.54. The van der Waals surface area contributed by atoms with Crippen LogP contribution in [0.4, 0.5) is 4.79 Å². The Labute approximate surface area is 96.4 Å². The topological polar surface area (TPSA) is 64.9 Å². The van der Waals surface area contributed by atoms with Gasteiger partial charge in [-0.05, 0) is 17.7 Å². The van der Waals surface area contributed by atoms with Crippen molar-refractivity contribution in [1.82, 2.24) is 10.6 Å². The van der Waals surface area contributed by atoms with Gasteiger partial charge in [0.1, 0.15) is 6.54 Å².